The Bertz CT molecular complexity index is 1050. The maximum atomic E-state index is 12.4. The van der Waals surface area contributed by atoms with Gasteiger partial charge in [-0.2, -0.15) is 0 Å². The number of carbonyl (C=O) groups is 1. The monoisotopic (exact) mass is 374 g/mol. The molecule has 8 heteroatoms. The van der Waals surface area contributed by atoms with Gasteiger partial charge in [0.05, 0.1) is 12.5 Å². The van der Waals surface area contributed by atoms with Crippen LogP contribution in [0.1, 0.15) is 39.7 Å². The number of rotatable bonds is 4. The van der Waals surface area contributed by atoms with E-state index in [1.165, 1.54) is 30.6 Å². The number of nitrogens with zero attached hydrogens (tertiary/aromatic N) is 1. The molecule has 0 saturated carbocycles. The van der Waals surface area contributed by atoms with E-state index in [0.717, 1.165) is 10.4 Å². The van der Waals surface area contributed by atoms with E-state index in [9.17, 15) is 14.7 Å². The van der Waals surface area contributed by atoms with Gasteiger partial charge in [-0.15, -0.1) is 11.3 Å². The molecule has 2 heterocycles. The van der Waals surface area contributed by atoms with Gasteiger partial charge < -0.3 is 19.6 Å². The third-order valence-electron chi connectivity index (χ3n) is 4.17. The Balaban J connectivity index is 1.91. The van der Waals surface area contributed by atoms with E-state index in [1.54, 1.807) is 13.0 Å². The number of nitrogens with one attached hydrogen (secondary N) is 1. The van der Waals surface area contributed by atoms with Crippen molar-refractivity contribution in [2.75, 3.05) is 7.11 Å². The fourth-order valence-corrected chi connectivity index (χ4v) is 3.63. The highest BCUT2D eigenvalue weighted by atomic mass is 32.1. The molecule has 0 unspecified atom stereocenters. The van der Waals surface area contributed by atoms with Crippen LogP contribution in [0, 0.1) is 13.8 Å². The Hall–Kier alpha value is -2.87. The number of aryl methyl sites for hydroxylation is 2. The van der Waals surface area contributed by atoms with E-state index >= 15 is 0 Å². The molecular formula is C18H18N2O5S. The lowest BCUT2D eigenvalue weighted by Crippen LogP contribution is -2.17. The molecule has 136 valence electrons. The maximum Gasteiger partial charge on any atom is 0.342 e. The zero-order valence-corrected chi connectivity index (χ0v) is 15.6. The zero-order chi connectivity index (χ0) is 19.0. The first-order chi connectivity index (χ1) is 12.3. The smallest absolute Gasteiger partial charge is 0.342 e. The number of H-pyrrole nitrogens is 1. The number of thiophene rings is 1. The molecule has 2 N–H and O–H groups in total. The molecule has 1 aromatic carbocycles. The number of phenols is 1. The highest BCUT2D eigenvalue weighted by Crippen LogP contribution is 2.31. The molecule has 0 bridgehead atoms. The van der Waals surface area contributed by atoms with E-state index in [0.29, 0.717) is 10.2 Å². The van der Waals surface area contributed by atoms with Crippen LogP contribution in [0.3, 0.4) is 0 Å². The van der Waals surface area contributed by atoms with Gasteiger partial charge in [0.15, 0.2) is 23.4 Å². The minimum atomic E-state index is -0.798. The SMILES string of the molecule is COc1cccc(C(=O)O[C@H](C)c2nc3sc(C)c(C)c3c(=O)[nH]2)c1O. The number of esters is 1. The summed E-state index contributed by atoms with van der Waals surface area (Å²) in [6.07, 6.45) is -0.798. The summed E-state index contributed by atoms with van der Waals surface area (Å²) in [4.78, 5) is 33.4. The molecule has 26 heavy (non-hydrogen) atoms. The summed E-state index contributed by atoms with van der Waals surface area (Å²) >= 11 is 1.42. The predicted octanol–water partition coefficient (Wildman–Crippen LogP) is 3.23. The summed E-state index contributed by atoms with van der Waals surface area (Å²) in [6.45, 7) is 5.40. The quantitative estimate of drug-likeness (QED) is 0.680. The van der Waals surface area contributed by atoms with Gasteiger partial charge >= 0.3 is 5.97 Å². The van der Waals surface area contributed by atoms with Gasteiger partial charge in [-0.3, -0.25) is 4.79 Å². The number of aromatic nitrogens is 2. The van der Waals surface area contributed by atoms with Crippen LogP contribution in [0.2, 0.25) is 0 Å². The highest BCUT2D eigenvalue weighted by molar-refractivity contribution is 7.18. The van der Waals surface area contributed by atoms with E-state index in [4.69, 9.17) is 9.47 Å². The van der Waals surface area contributed by atoms with E-state index in [2.05, 4.69) is 9.97 Å². The van der Waals surface area contributed by atoms with Crippen molar-refractivity contribution in [3.63, 3.8) is 0 Å². The van der Waals surface area contributed by atoms with Crippen LogP contribution in [0.4, 0.5) is 0 Å². The van der Waals surface area contributed by atoms with Gasteiger partial charge in [-0.1, -0.05) is 6.07 Å². The number of hydrogen-bond acceptors (Lipinski definition) is 7. The molecular weight excluding hydrogens is 356 g/mol. The van der Waals surface area contributed by atoms with Crippen LogP contribution in [0.25, 0.3) is 10.2 Å². The van der Waals surface area contributed by atoms with Crippen LogP contribution < -0.4 is 10.3 Å². The molecule has 0 aliphatic carbocycles. The average molecular weight is 374 g/mol. The third kappa shape index (κ3) is 3.03. The molecule has 7 nitrogen and oxygen atoms in total. The molecule has 0 spiro atoms. The topological polar surface area (TPSA) is 102 Å². The predicted molar refractivity (Wildman–Crippen MR) is 98.2 cm³/mol. The summed E-state index contributed by atoms with van der Waals surface area (Å²) in [5.41, 5.74) is 0.609. The normalized spacial score (nSPS) is 12.2. The van der Waals surface area contributed by atoms with Crippen molar-refractivity contribution in [3.05, 3.63) is 50.4 Å². The van der Waals surface area contributed by atoms with Crippen molar-refractivity contribution >= 4 is 27.5 Å². The Morgan fingerprint density at radius 2 is 2.08 bits per heavy atom. The summed E-state index contributed by atoms with van der Waals surface area (Å²) < 4.78 is 10.3. The number of ether oxygens (including phenoxy) is 2. The highest BCUT2D eigenvalue weighted by Gasteiger charge is 2.22. The Labute approximate surface area is 153 Å². The second kappa shape index (κ2) is 6.80. The zero-order valence-electron chi connectivity index (χ0n) is 14.7. The first kappa shape index (κ1) is 17.9. The maximum absolute atomic E-state index is 12.4. The van der Waals surface area contributed by atoms with E-state index in [-0.39, 0.29) is 28.4 Å². The first-order valence-electron chi connectivity index (χ1n) is 7.90. The van der Waals surface area contributed by atoms with Crippen molar-refractivity contribution in [3.8, 4) is 11.5 Å². The van der Waals surface area contributed by atoms with E-state index in [1.807, 2.05) is 13.8 Å². The molecule has 3 aromatic rings. The molecule has 0 radical (unpaired) electrons. The lowest BCUT2D eigenvalue weighted by molar-refractivity contribution is 0.0316. The number of aromatic amines is 1. The van der Waals surface area contributed by atoms with Crippen LogP contribution in [0.15, 0.2) is 23.0 Å². The second-order valence-electron chi connectivity index (χ2n) is 5.82. The molecule has 3 rings (SSSR count). The van der Waals surface area contributed by atoms with Crippen molar-refractivity contribution in [2.45, 2.75) is 26.9 Å². The lowest BCUT2D eigenvalue weighted by atomic mass is 10.2. The summed E-state index contributed by atoms with van der Waals surface area (Å²) in [5.74, 6) is -0.618. The average Bonchev–Trinajstić information content (AvgIpc) is 2.89. The third-order valence-corrected chi connectivity index (χ3v) is 5.27. The number of fused-ring (bicyclic) bond motifs is 1. The molecule has 0 aliphatic heterocycles. The Morgan fingerprint density at radius 3 is 2.77 bits per heavy atom. The van der Waals surface area contributed by atoms with Crippen LogP contribution >= 0.6 is 11.3 Å². The van der Waals surface area contributed by atoms with Gasteiger partial charge in [-0.05, 0) is 38.5 Å². The number of benzene rings is 1. The number of phenolic OH excluding ortho intramolecular Hbond substituents is 1. The van der Waals surface area contributed by atoms with Gasteiger partial charge in [0.1, 0.15) is 10.4 Å². The fourth-order valence-electron chi connectivity index (χ4n) is 2.60. The second-order valence-corrected chi connectivity index (χ2v) is 7.02. The number of methoxy groups -OCH3 is 1. The summed E-state index contributed by atoms with van der Waals surface area (Å²) in [5, 5.41) is 10.6. The van der Waals surface area contributed by atoms with Crippen LogP contribution in [-0.2, 0) is 4.74 Å². The van der Waals surface area contributed by atoms with Crippen molar-refractivity contribution in [2.24, 2.45) is 0 Å². The standard InChI is InChI=1S/C18H18N2O5S/c1-8-10(3)26-17-13(8)16(22)19-15(20-17)9(2)25-18(23)11-6-5-7-12(24-4)14(11)21/h5-7,9,21H,1-4H3,(H,19,20,22)/t9-/m1/s1. The lowest BCUT2D eigenvalue weighted by Gasteiger charge is -2.14. The van der Waals surface area contributed by atoms with Crippen molar-refractivity contribution in [1.29, 1.82) is 0 Å². The summed E-state index contributed by atoms with van der Waals surface area (Å²) in [7, 11) is 1.39. The molecule has 0 amide bonds. The Morgan fingerprint density at radius 1 is 1.35 bits per heavy atom. The number of hydrogen-bond donors (Lipinski definition) is 2. The minimum absolute atomic E-state index is 0.0255. The number of para-hydroxylation sites is 1. The summed E-state index contributed by atoms with van der Waals surface area (Å²) in [6, 6.07) is 4.53. The van der Waals surface area contributed by atoms with Gasteiger partial charge in [0.25, 0.3) is 5.56 Å². The fraction of sp³-hybridized carbons (Fsp3) is 0.278. The molecule has 2 aromatic heterocycles. The van der Waals surface area contributed by atoms with Gasteiger partial charge in [0, 0.05) is 4.88 Å². The minimum Gasteiger partial charge on any atom is -0.504 e. The van der Waals surface area contributed by atoms with Gasteiger partial charge in [0.2, 0.25) is 0 Å². The Kier molecular flexibility index (Phi) is 4.69. The molecule has 0 saturated heterocycles. The van der Waals surface area contributed by atoms with Crippen molar-refractivity contribution in [1.82, 2.24) is 9.97 Å². The van der Waals surface area contributed by atoms with Crippen molar-refractivity contribution < 1.29 is 19.4 Å². The molecule has 0 fully saturated rings. The largest absolute Gasteiger partial charge is 0.504 e. The number of carbonyl (C=O) groups excluding carboxylic acids is 1. The number of aromatic hydroxyl groups is 1. The van der Waals surface area contributed by atoms with Crippen LogP contribution in [-0.4, -0.2) is 28.2 Å². The molecule has 1 atom stereocenters. The molecule has 0 aliphatic rings. The first-order valence-corrected chi connectivity index (χ1v) is 8.72. The van der Waals surface area contributed by atoms with E-state index < -0.39 is 12.1 Å². The van der Waals surface area contributed by atoms with Gasteiger partial charge in [-0.25, -0.2) is 9.78 Å². The van der Waals surface area contributed by atoms with Crippen LogP contribution in [0.5, 0.6) is 11.5 Å².